The largest absolute Gasteiger partial charge is 0.357 e. The smallest absolute Gasteiger partial charge is 0.248 e. The number of rotatable bonds is 2. The summed E-state index contributed by atoms with van der Waals surface area (Å²) in [6, 6.07) is 0. The van der Waals surface area contributed by atoms with Gasteiger partial charge >= 0.3 is 0 Å². The lowest BCUT2D eigenvalue weighted by Gasteiger charge is -2.20. The first-order chi connectivity index (χ1) is 4.42. The molecule has 1 amide bonds. The standard InChI is InChI=1S/C5H8Br3NO/c1-3(6)5(7,8)4(10)9-2/h3H,1-2H3,(H,9,10). The monoisotopic (exact) mass is 335 g/mol. The van der Waals surface area contributed by atoms with Crippen LogP contribution in [0.25, 0.3) is 0 Å². The maximum atomic E-state index is 11.0. The zero-order valence-corrected chi connectivity index (χ0v) is 10.4. The molecule has 1 atom stereocenters. The second-order valence-electron chi connectivity index (χ2n) is 1.82. The van der Waals surface area contributed by atoms with Gasteiger partial charge in [-0.1, -0.05) is 47.8 Å². The van der Waals surface area contributed by atoms with Crippen LogP contribution in [0.15, 0.2) is 0 Å². The van der Waals surface area contributed by atoms with Crippen LogP contribution in [-0.2, 0) is 4.79 Å². The molecule has 0 aromatic heterocycles. The van der Waals surface area contributed by atoms with Crippen LogP contribution in [0.3, 0.4) is 0 Å². The predicted molar refractivity (Wildman–Crippen MR) is 53.0 cm³/mol. The Hall–Kier alpha value is 0.910. The van der Waals surface area contributed by atoms with Gasteiger partial charge in [0.2, 0.25) is 5.91 Å². The molecule has 0 aromatic carbocycles. The van der Waals surface area contributed by atoms with Crippen molar-refractivity contribution in [1.29, 1.82) is 0 Å². The van der Waals surface area contributed by atoms with E-state index in [1.807, 2.05) is 6.92 Å². The number of alkyl halides is 3. The van der Waals surface area contributed by atoms with Crippen LogP contribution in [0.1, 0.15) is 6.92 Å². The number of carbonyl (C=O) groups excluding carboxylic acids is 1. The summed E-state index contributed by atoms with van der Waals surface area (Å²) in [5.41, 5.74) is 0. The molecule has 0 fully saturated rings. The number of hydrogen-bond donors (Lipinski definition) is 1. The highest BCUT2D eigenvalue weighted by Crippen LogP contribution is 2.34. The van der Waals surface area contributed by atoms with Gasteiger partial charge in [-0.15, -0.1) is 0 Å². The van der Waals surface area contributed by atoms with Crippen molar-refractivity contribution in [3.8, 4) is 0 Å². The lowest BCUT2D eigenvalue weighted by atomic mass is 10.3. The molecule has 0 bridgehead atoms. The van der Waals surface area contributed by atoms with Crippen molar-refractivity contribution in [2.75, 3.05) is 7.05 Å². The molecule has 10 heavy (non-hydrogen) atoms. The summed E-state index contributed by atoms with van der Waals surface area (Å²) in [6.07, 6.45) is 0. The Morgan fingerprint density at radius 3 is 2.10 bits per heavy atom. The Bertz CT molecular complexity index is 135. The van der Waals surface area contributed by atoms with Gasteiger partial charge in [-0.3, -0.25) is 4.79 Å². The average molecular weight is 338 g/mol. The Kier molecular flexibility index (Phi) is 4.44. The molecule has 0 rings (SSSR count). The van der Waals surface area contributed by atoms with Crippen molar-refractivity contribution in [3.05, 3.63) is 0 Å². The lowest BCUT2D eigenvalue weighted by molar-refractivity contribution is -0.120. The van der Waals surface area contributed by atoms with Crippen LogP contribution >= 0.6 is 47.8 Å². The van der Waals surface area contributed by atoms with Gasteiger partial charge in [-0.2, -0.15) is 0 Å². The van der Waals surface area contributed by atoms with E-state index in [1.165, 1.54) is 0 Å². The van der Waals surface area contributed by atoms with E-state index >= 15 is 0 Å². The Morgan fingerprint density at radius 2 is 2.00 bits per heavy atom. The fourth-order valence-electron chi connectivity index (χ4n) is 0.347. The van der Waals surface area contributed by atoms with E-state index in [0.29, 0.717) is 0 Å². The molecule has 2 nitrogen and oxygen atoms in total. The maximum absolute atomic E-state index is 11.0. The topological polar surface area (TPSA) is 29.1 Å². The molecule has 0 aliphatic carbocycles. The Labute approximate surface area is 85.5 Å². The van der Waals surface area contributed by atoms with Crippen molar-refractivity contribution < 1.29 is 4.79 Å². The normalized spacial score (nSPS) is 14.5. The van der Waals surface area contributed by atoms with Crippen molar-refractivity contribution in [2.24, 2.45) is 0 Å². The molecule has 0 spiro atoms. The molecule has 0 aliphatic heterocycles. The van der Waals surface area contributed by atoms with Crippen LogP contribution in [0.4, 0.5) is 0 Å². The lowest BCUT2D eigenvalue weighted by Crippen LogP contribution is -2.40. The molecule has 60 valence electrons. The average Bonchev–Trinajstić information content (AvgIpc) is 1.86. The van der Waals surface area contributed by atoms with E-state index in [9.17, 15) is 4.79 Å². The number of nitrogens with one attached hydrogen (secondary N) is 1. The van der Waals surface area contributed by atoms with Gasteiger partial charge in [-0.25, -0.2) is 0 Å². The van der Waals surface area contributed by atoms with Crippen molar-refractivity contribution in [2.45, 2.75) is 15.0 Å². The molecule has 0 radical (unpaired) electrons. The van der Waals surface area contributed by atoms with E-state index < -0.39 is 3.23 Å². The van der Waals surface area contributed by atoms with Gasteiger partial charge in [0, 0.05) is 11.9 Å². The molecule has 0 aromatic rings. The molecular formula is C5H8Br3NO. The third-order valence-corrected chi connectivity index (χ3v) is 5.04. The second-order valence-corrected chi connectivity index (χ2v) is 6.76. The summed E-state index contributed by atoms with van der Waals surface area (Å²) in [6.45, 7) is 1.87. The van der Waals surface area contributed by atoms with Crippen LogP contribution in [0.2, 0.25) is 0 Å². The summed E-state index contributed by atoms with van der Waals surface area (Å²) in [7, 11) is 1.59. The molecule has 1 N–H and O–H groups in total. The predicted octanol–water partition coefficient (Wildman–Crippen LogP) is 2.00. The zero-order valence-electron chi connectivity index (χ0n) is 5.62. The molecule has 0 heterocycles. The highest BCUT2D eigenvalue weighted by Gasteiger charge is 2.36. The molecule has 0 aliphatic rings. The number of carbonyl (C=O) groups is 1. The molecular weight excluding hydrogens is 330 g/mol. The van der Waals surface area contributed by atoms with E-state index in [2.05, 4.69) is 53.1 Å². The molecule has 0 saturated heterocycles. The van der Waals surface area contributed by atoms with Crippen molar-refractivity contribution in [3.63, 3.8) is 0 Å². The fourth-order valence-corrected chi connectivity index (χ4v) is 0.952. The minimum Gasteiger partial charge on any atom is -0.357 e. The van der Waals surface area contributed by atoms with Gasteiger partial charge < -0.3 is 5.32 Å². The van der Waals surface area contributed by atoms with Crippen LogP contribution in [-0.4, -0.2) is 21.0 Å². The van der Waals surface area contributed by atoms with Gasteiger partial charge in [0.1, 0.15) is 0 Å². The van der Waals surface area contributed by atoms with E-state index in [1.54, 1.807) is 7.05 Å². The highest BCUT2D eigenvalue weighted by molar-refractivity contribution is 9.26. The summed E-state index contributed by atoms with van der Waals surface area (Å²) in [4.78, 5) is 11.1. The SMILES string of the molecule is CNC(=O)C(Br)(Br)C(C)Br. The van der Waals surface area contributed by atoms with Crippen LogP contribution in [0.5, 0.6) is 0 Å². The zero-order chi connectivity index (χ0) is 8.36. The van der Waals surface area contributed by atoms with E-state index in [4.69, 9.17) is 0 Å². The first-order valence-electron chi connectivity index (χ1n) is 2.67. The third-order valence-electron chi connectivity index (χ3n) is 1.03. The quantitative estimate of drug-likeness (QED) is 0.767. The number of hydrogen-bond acceptors (Lipinski definition) is 1. The minimum atomic E-state index is -0.700. The summed E-state index contributed by atoms with van der Waals surface area (Å²) in [5.74, 6) is -0.100. The molecule has 5 heteroatoms. The summed E-state index contributed by atoms with van der Waals surface area (Å²) in [5, 5.41) is 2.52. The summed E-state index contributed by atoms with van der Waals surface area (Å²) >= 11 is 9.74. The number of amides is 1. The minimum absolute atomic E-state index is 0.0277. The van der Waals surface area contributed by atoms with Crippen molar-refractivity contribution in [1.82, 2.24) is 5.32 Å². The molecule has 1 unspecified atom stereocenters. The fraction of sp³-hybridized carbons (Fsp3) is 0.800. The third kappa shape index (κ3) is 2.51. The van der Waals surface area contributed by atoms with Crippen LogP contribution in [0, 0.1) is 0 Å². The van der Waals surface area contributed by atoms with Gasteiger partial charge in [0.05, 0.1) is 0 Å². The first-order valence-corrected chi connectivity index (χ1v) is 5.17. The maximum Gasteiger partial charge on any atom is 0.248 e. The molecule has 0 saturated carbocycles. The first kappa shape index (κ1) is 10.9. The van der Waals surface area contributed by atoms with Crippen LogP contribution < -0.4 is 5.32 Å². The van der Waals surface area contributed by atoms with Gasteiger partial charge in [0.25, 0.3) is 0 Å². The Balaban J connectivity index is 4.24. The van der Waals surface area contributed by atoms with E-state index in [0.717, 1.165) is 0 Å². The summed E-state index contributed by atoms with van der Waals surface area (Å²) < 4.78 is -0.700. The van der Waals surface area contributed by atoms with E-state index in [-0.39, 0.29) is 10.7 Å². The number of halogens is 3. The van der Waals surface area contributed by atoms with Gasteiger partial charge in [-0.05, 0) is 6.92 Å². The Morgan fingerprint density at radius 1 is 1.60 bits per heavy atom. The second kappa shape index (κ2) is 4.07. The van der Waals surface area contributed by atoms with Gasteiger partial charge in [0.15, 0.2) is 3.23 Å². The highest BCUT2D eigenvalue weighted by atomic mass is 79.9. The van der Waals surface area contributed by atoms with Crippen molar-refractivity contribution >= 4 is 53.7 Å².